The van der Waals surface area contributed by atoms with Gasteiger partial charge in [0.15, 0.2) is 6.10 Å². The molecule has 1 amide bonds. The molecule has 0 spiro atoms. The van der Waals surface area contributed by atoms with E-state index in [4.69, 9.17) is 33.7 Å². The molecule has 1 atom stereocenters. The fourth-order valence-electron chi connectivity index (χ4n) is 0.910. The second-order valence-corrected chi connectivity index (χ2v) is 3.89. The minimum absolute atomic E-state index is 0.211. The lowest BCUT2D eigenvalue weighted by atomic mass is 10.2. The number of rotatable bonds is 3. The van der Waals surface area contributed by atoms with Crippen LogP contribution in [0.3, 0.4) is 0 Å². The molecule has 6 heteroatoms. The quantitative estimate of drug-likeness (QED) is 0.847. The molecule has 0 aliphatic rings. The highest BCUT2D eigenvalue weighted by atomic mass is 35.5. The summed E-state index contributed by atoms with van der Waals surface area (Å²) in [6.45, 7) is 1.39. The van der Waals surface area contributed by atoms with Crippen LogP contribution in [-0.2, 0) is 9.53 Å². The largest absolute Gasteiger partial charge is 0.449 e. The predicted molar refractivity (Wildman–Crippen MR) is 60.5 cm³/mol. The molecule has 0 aliphatic carbocycles. The molecule has 16 heavy (non-hydrogen) atoms. The lowest BCUT2D eigenvalue weighted by Crippen LogP contribution is -2.30. The Bertz CT molecular complexity index is 434. The molecule has 0 saturated carbocycles. The smallest absolute Gasteiger partial charge is 0.338 e. The van der Waals surface area contributed by atoms with Gasteiger partial charge < -0.3 is 10.5 Å². The average molecular weight is 262 g/mol. The van der Waals surface area contributed by atoms with Crippen molar-refractivity contribution in [1.82, 2.24) is 0 Å². The molecule has 0 unspecified atom stereocenters. The van der Waals surface area contributed by atoms with Gasteiger partial charge in [0.05, 0.1) is 15.6 Å². The fraction of sp³-hybridized carbons (Fsp3) is 0.200. The van der Waals surface area contributed by atoms with E-state index in [0.717, 1.165) is 0 Å². The monoisotopic (exact) mass is 261 g/mol. The first-order valence-corrected chi connectivity index (χ1v) is 5.12. The molecule has 4 nitrogen and oxygen atoms in total. The Morgan fingerprint density at radius 1 is 1.31 bits per heavy atom. The van der Waals surface area contributed by atoms with Crippen molar-refractivity contribution in [3.8, 4) is 0 Å². The van der Waals surface area contributed by atoms with Gasteiger partial charge >= 0.3 is 5.97 Å². The van der Waals surface area contributed by atoms with Crippen LogP contribution in [0.4, 0.5) is 0 Å². The third-order valence-corrected chi connectivity index (χ3v) is 2.58. The average Bonchev–Trinajstić information content (AvgIpc) is 2.21. The van der Waals surface area contributed by atoms with E-state index in [-0.39, 0.29) is 10.6 Å². The molecule has 0 bridgehead atoms. The Kier molecular flexibility index (Phi) is 4.15. The second kappa shape index (κ2) is 5.18. The van der Waals surface area contributed by atoms with Gasteiger partial charge in [-0.15, -0.1) is 0 Å². The Morgan fingerprint density at radius 3 is 2.44 bits per heavy atom. The Morgan fingerprint density at radius 2 is 1.94 bits per heavy atom. The Labute approximate surface area is 102 Å². The van der Waals surface area contributed by atoms with Crippen LogP contribution in [0.1, 0.15) is 17.3 Å². The van der Waals surface area contributed by atoms with Gasteiger partial charge in [-0.05, 0) is 25.1 Å². The number of halogens is 2. The Balaban J connectivity index is 2.81. The van der Waals surface area contributed by atoms with E-state index in [1.165, 1.54) is 25.1 Å². The first-order valence-electron chi connectivity index (χ1n) is 4.37. The maximum absolute atomic E-state index is 11.5. The molecular weight excluding hydrogens is 253 g/mol. The van der Waals surface area contributed by atoms with Crippen LogP contribution < -0.4 is 5.73 Å². The molecule has 0 radical (unpaired) electrons. The van der Waals surface area contributed by atoms with E-state index in [0.29, 0.717) is 5.02 Å². The number of primary amides is 1. The lowest BCUT2D eigenvalue weighted by Gasteiger charge is -2.09. The molecule has 0 aliphatic heterocycles. The zero-order chi connectivity index (χ0) is 12.3. The minimum atomic E-state index is -0.984. The summed E-state index contributed by atoms with van der Waals surface area (Å²) >= 11 is 11.4. The highest BCUT2D eigenvalue weighted by molar-refractivity contribution is 6.42. The van der Waals surface area contributed by atoms with Crippen LogP contribution in [0.5, 0.6) is 0 Å². The summed E-state index contributed by atoms with van der Waals surface area (Å²) in [5.74, 6) is -1.39. The molecule has 2 N–H and O–H groups in total. The third kappa shape index (κ3) is 3.12. The zero-order valence-corrected chi connectivity index (χ0v) is 9.88. The van der Waals surface area contributed by atoms with Gasteiger partial charge in [-0.2, -0.15) is 0 Å². The van der Waals surface area contributed by atoms with Gasteiger partial charge in [0.25, 0.3) is 5.91 Å². The van der Waals surface area contributed by atoms with E-state index in [1.54, 1.807) is 0 Å². The van der Waals surface area contributed by atoms with Gasteiger partial charge in [-0.1, -0.05) is 23.2 Å². The van der Waals surface area contributed by atoms with Gasteiger partial charge in [-0.3, -0.25) is 4.79 Å². The predicted octanol–water partition coefficient (Wildman–Crippen LogP) is 2.02. The summed E-state index contributed by atoms with van der Waals surface area (Å²) in [5, 5.41) is 0.573. The van der Waals surface area contributed by atoms with Crippen molar-refractivity contribution in [3.05, 3.63) is 33.8 Å². The number of hydrogen-bond acceptors (Lipinski definition) is 3. The molecule has 0 saturated heterocycles. The lowest BCUT2D eigenvalue weighted by molar-refractivity contribution is -0.125. The topological polar surface area (TPSA) is 69.4 Å². The first kappa shape index (κ1) is 12.8. The van der Waals surface area contributed by atoms with Crippen LogP contribution in [0.15, 0.2) is 18.2 Å². The molecule has 0 fully saturated rings. The second-order valence-electron chi connectivity index (χ2n) is 3.08. The number of benzene rings is 1. The number of carbonyl (C=O) groups excluding carboxylic acids is 2. The molecular formula is C10H9Cl2NO3. The van der Waals surface area contributed by atoms with E-state index < -0.39 is 18.0 Å². The van der Waals surface area contributed by atoms with Gasteiger partial charge in [0.2, 0.25) is 0 Å². The fourth-order valence-corrected chi connectivity index (χ4v) is 1.21. The molecule has 1 aromatic carbocycles. The summed E-state index contributed by atoms with van der Waals surface area (Å²) in [7, 11) is 0. The van der Waals surface area contributed by atoms with Crippen LogP contribution in [0, 0.1) is 0 Å². The SMILES string of the molecule is C[C@H](OC(=O)c1ccc(Cl)c(Cl)c1)C(N)=O. The molecule has 86 valence electrons. The summed E-state index contributed by atoms with van der Waals surface area (Å²) in [4.78, 5) is 22.2. The zero-order valence-electron chi connectivity index (χ0n) is 8.37. The van der Waals surface area contributed by atoms with E-state index in [2.05, 4.69) is 0 Å². The van der Waals surface area contributed by atoms with E-state index in [1.807, 2.05) is 0 Å². The van der Waals surface area contributed by atoms with Crippen molar-refractivity contribution in [2.45, 2.75) is 13.0 Å². The van der Waals surface area contributed by atoms with Gasteiger partial charge in [-0.25, -0.2) is 4.79 Å². The summed E-state index contributed by atoms with van der Waals surface area (Å²) in [6, 6.07) is 4.28. The number of amides is 1. The van der Waals surface area contributed by atoms with Crippen LogP contribution in [0.2, 0.25) is 10.0 Å². The standard InChI is InChI=1S/C10H9Cl2NO3/c1-5(9(13)14)16-10(15)6-2-3-7(11)8(12)4-6/h2-5H,1H3,(H2,13,14)/t5-/m0/s1. The van der Waals surface area contributed by atoms with Crippen LogP contribution in [-0.4, -0.2) is 18.0 Å². The number of hydrogen-bond donors (Lipinski definition) is 1. The molecule has 1 rings (SSSR count). The highest BCUT2D eigenvalue weighted by Gasteiger charge is 2.16. The minimum Gasteiger partial charge on any atom is -0.449 e. The summed E-state index contributed by atoms with van der Waals surface area (Å²) < 4.78 is 4.78. The normalized spacial score (nSPS) is 11.9. The van der Waals surface area contributed by atoms with Crippen molar-refractivity contribution in [2.24, 2.45) is 5.73 Å². The van der Waals surface area contributed by atoms with Crippen molar-refractivity contribution in [2.75, 3.05) is 0 Å². The number of ether oxygens (including phenoxy) is 1. The van der Waals surface area contributed by atoms with Crippen molar-refractivity contribution in [1.29, 1.82) is 0 Å². The highest BCUT2D eigenvalue weighted by Crippen LogP contribution is 2.23. The van der Waals surface area contributed by atoms with Crippen LogP contribution in [0.25, 0.3) is 0 Å². The number of nitrogens with two attached hydrogens (primary N) is 1. The van der Waals surface area contributed by atoms with Crippen LogP contribution >= 0.6 is 23.2 Å². The molecule has 1 aromatic rings. The third-order valence-electron chi connectivity index (χ3n) is 1.84. The maximum Gasteiger partial charge on any atom is 0.338 e. The summed E-state index contributed by atoms with van der Waals surface area (Å²) in [5.41, 5.74) is 5.16. The van der Waals surface area contributed by atoms with Gasteiger partial charge in [0, 0.05) is 0 Å². The van der Waals surface area contributed by atoms with E-state index in [9.17, 15) is 9.59 Å². The molecule has 0 heterocycles. The van der Waals surface area contributed by atoms with Crippen molar-refractivity contribution >= 4 is 35.1 Å². The maximum atomic E-state index is 11.5. The number of carbonyl (C=O) groups is 2. The van der Waals surface area contributed by atoms with Crippen molar-refractivity contribution in [3.63, 3.8) is 0 Å². The van der Waals surface area contributed by atoms with Crippen molar-refractivity contribution < 1.29 is 14.3 Å². The van der Waals surface area contributed by atoms with Gasteiger partial charge in [0.1, 0.15) is 0 Å². The summed E-state index contributed by atoms with van der Waals surface area (Å²) in [6.07, 6.45) is -0.984. The Hall–Kier alpha value is -1.26. The van der Waals surface area contributed by atoms with E-state index >= 15 is 0 Å². The number of esters is 1. The first-order chi connectivity index (χ1) is 7.41. The molecule has 0 aromatic heterocycles.